The molecule has 0 heterocycles. The van der Waals surface area contributed by atoms with Crippen LogP contribution >= 0.6 is 15.9 Å². The minimum absolute atomic E-state index is 0.682. The number of nitrogens with two attached hydrogens (primary N) is 1. The van der Waals surface area contributed by atoms with E-state index in [9.17, 15) is 0 Å². The van der Waals surface area contributed by atoms with Crippen LogP contribution in [0.4, 0.5) is 5.69 Å². The fourth-order valence-electron chi connectivity index (χ4n) is 1.71. The minimum atomic E-state index is 0.682. The Morgan fingerprint density at radius 1 is 1.41 bits per heavy atom. The highest BCUT2D eigenvalue weighted by Gasteiger charge is 2.04. The third-order valence-corrected chi connectivity index (χ3v) is 3.47. The number of ether oxygens (including phenoxy) is 1. The van der Waals surface area contributed by atoms with Gasteiger partial charge in [0.1, 0.15) is 0 Å². The number of methoxy groups -OCH3 is 1. The normalized spacial score (nSPS) is 10.6. The molecule has 1 rings (SSSR count). The van der Waals surface area contributed by atoms with Gasteiger partial charge in [0.2, 0.25) is 0 Å². The van der Waals surface area contributed by atoms with Crippen LogP contribution in [0.2, 0.25) is 0 Å². The van der Waals surface area contributed by atoms with E-state index in [1.807, 2.05) is 0 Å². The van der Waals surface area contributed by atoms with Crippen molar-refractivity contribution >= 4 is 21.6 Å². The van der Waals surface area contributed by atoms with Gasteiger partial charge in [0.05, 0.1) is 0 Å². The lowest BCUT2D eigenvalue weighted by Gasteiger charge is -2.20. The average molecular weight is 301 g/mol. The maximum absolute atomic E-state index is 5.56. The molecular weight excluding hydrogens is 280 g/mol. The molecule has 0 amide bonds. The topological polar surface area (TPSA) is 38.5 Å². The van der Waals surface area contributed by atoms with Crippen LogP contribution in [0.5, 0.6) is 0 Å². The van der Waals surface area contributed by atoms with Crippen molar-refractivity contribution in [3.8, 4) is 0 Å². The zero-order valence-electron chi connectivity index (χ0n) is 10.6. The van der Waals surface area contributed by atoms with Gasteiger partial charge in [-0.15, -0.1) is 0 Å². The molecule has 2 N–H and O–H groups in total. The first-order valence-electron chi connectivity index (χ1n) is 5.87. The van der Waals surface area contributed by atoms with Gasteiger partial charge >= 0.3 is 0 Å². The van der Waals surface area contributed by atoms with Gasteiger partial charge in [-0.2, -0.15) is 0 Å². The summed E-state index contributed by atoms with van der Waals surface area (Å²) < 4.78 is 6.19. The number of rotatable bonds is 7. The number of nitrogens with zero attached hydrogens (tertiary/aromatic N) is 1. The lowest BCUT2D eigenvalue weighted by atomic mass is 10.1. The number of halogens is 1. The highest BCUT2D eigenvalue weighted by atomic mass is 79.9. The summed E-state index contributed by atoms with van der Waals surface area (Å²) in [5.41, 5.74) is 8.04. The van der Waals surface area contributed by atoms with Crippen LogP contribution < -0.4 is 10.6 Å². The lowest BCUT2D eigenvalue weighted by molar-refractivity contribution is 0.196. The number of hydrogen-bond acceptors (Lipinski definition) is 3. The van der Waals surface area contributed by atoms with Crippen molar-refractivity contribution in [3.05, 3.63) is 28.2 Å². The number of hydrogen-bond donors (Lipinski definition) is 1. The van der Waals surface area contributed by atoms with Crippen LogP contribution in [0, 0.1) is 0 Å². The van der Waals surface area contributed by atoms with Crippen LogP contribution in [0.15, 0.2) is 22.7 Å². The molecule has 0 aliphatic carbocycles. The van der Waals surface area contributed by atoms with Gasteiger partial charge in [0.25, 0.3) is 0 Å². The van der Waals surface area contributed by atoms with Gasteiger partial charge in [-0.1, -0.05) is 22.0 Å². The molecule has 0 saturated heterocycles. The van der Waals surface area contributed by atoms with Gasteiger partial charge in [0, 0.05) is 37.5 Å². The van der Waals surface area contributed by atoms with E-state index in [1.165, 1.54) is 11.3 Å². The Labute approximate surface area is 112 Å². The van der Waals surface area contributed by atoms with Crippen molar-refractivity contribution in [3.63, 3.8) is 0 Å². The summed E-state index contributed by atoms with van der Waals surface area (Å²) >= 11 is 3.59. The third kappa shape index (κ3) is 4.66. The van der Waals surface area contributed by atoms with Crippen molar-refractivity contribution in [1.29, 1.82) is 0 Å². The maximum Gasteiger partial charge on any atom is 0.0479 e. The Kier molecular flexibility index (Phi) is 6.55. The van der Waals surface area contributed by atoms with E-state index in [0.29, 0.717) is 6.54 Å². The first kappa shape index (κ1) is 14.5. The van der Waals surface area contributed by atoms with Crippen molar-refractivity contribution in [2.24, 2.45) is 5.73 Å². The molecule has 0 fully saturated rings. The molecule has 0 atom stereocenters. The van der Waals surface area contributed by atoms with Crippen molar-refractivity contribution in [1.82, 2.24) is 0 Å². The SMILES string of the molecule is COCCCN(C)c1ccc(CCN)c(Br)c1. The summed E-state index contributed by atoms with van der Waals surface area (Å²) in [4.78, 5) is 2.23. The molecule has 1 aromatic carbocycles. The molecule has 0 aromatic heterocycles. The van der Waals surface area contributed by atoms with Gasteiger partial charge in [0.15, 0.2) is 0 Å². The van der Waals surface area contributed by atoms with Crippen LogP contribution in [0.1, 0.15) is 12.0 Å². The van der Waals surface area contributed by atoms with Gasteiger partial charge < -0.3 is 15.4 Å². The zero-order chi connectivity index (χ0) is 12.7. The third-order valence-electron chi connectivity index (χ3n) is 2.73. The highest BCUT2D eigenvalue weighted by molar-refractivity contribution is 9.10. The fraction of sp³-hybridized carbons (Fsp3) is 0.538. The molecule has 0 bridgehead atoms. The van der Waals surface area contributed by atoms with Crippen LogP contribution in [0.25, 0.3) is 0 Å². The zero-order valence-corrected chi connectivity index (χ0v) is 12.2. The maximum atomic E-state index is 5.56. The summed E-state index contributed by atoms with van der Waals surface area (Å²) in [6, 6.07) is 6.43. The lowest BCUT2D eigenvalue weighted by Crippen LogP contribution is -2.19. The van der Waals surface area contributed by atoms with Crippen LogP contribution in [-0.4, -0.2) is 33.9 Å². The summed E-state index contributed by atoms with van der Waals surface area (Å²) in [5.74, 6) is 0. The first-order valence-corrected chi connectivity index (χ1v) is 6.67. The second kappa shape index (κ2) is 7.69. The molecule has 4 heteroatoms. The molecule has 17 heavy (non-hydrogen) atoms. The molecule has 1 aromatic rings. The fourth-order valence-corrected chi connectivity index (χ4v) is 2.27. The summed E-state index contributed by atoms with van der Waals surface area (Å²) in [6.45, 7) is 2.48. The van der Waals surface area contributed by atoms with E-state index in [2.05, 4.69) is 46.1 Å². The largest absolute Gasteiger partial charge is 0.385 e. The van der Waals surface area contributed by atoms with E-state index >= 15 is 0 Å². The first-order chi connectivity index (χ1) is 8.19. The van der Waals surface area contributed by atoms with Gasteiger partial charge in [-0.05, 0) is 37.1 Å². The summed E-state index contributed by atoms with van der Waals surface area (Å²) in [7, 11) is 3.83. The predicted octanol–water partition coefficient (Wildman–Crippen LogP) is 2.42. The second-order valence-electron chi connectivity index (χ2n) is 4.08. The molecule has 3 nitrogen and oxygen atoms in total. The van der Waals surface area contributed by atoms with Crippen molar-refractivity contribution in [2.75, 3.05) is 38.8 Å². The molecule has 0 aliphatic rings. The van der Waals surface area contributed by atoms with E-state index in [1.54, 1.807) is 7.11 Å². The van der Waals surface area contributed by atoms with Crippen molar-refractivity contribution < 1.29 is 4.74 Å². The standard InChI is InChI=1S/C13H21BrN2O/c1-16(8-3-9-17-2)12-5-4-11(6-7-15)13(14)10-12/h4-5,10H,3,6-9,15H2,1-2H3. The minimum Gasteiger partial charge on any atom is -0.385 e. The second-order valence-corrected chi connectivity index (χ2v) is 4.94. The summed E-state index contributed by atoms with van der Waals surface area (Å²) in [5, 5.41) is 0. The number of benzene rings is 1. The van der Waals surface area contributed by atoms with E-state index in [0.717, 1.165) is 30.5 Å². The van der Waals surface area contributed by atoms with E-state index in [-0.39, 0.29) is 0 Å². The monoisotopic (exact) mass is 300 g/mol. The number of anilines is 1. The Balaban J connectivity index is 2.62. The van der Waals surface area contributed by atoms with E-state index < -0.39 is 0 Å². The predicted molar refractivity (Wildman–Crippen MR) is 76.7 cm³/mol. The molecule has 0 spiro atoms. The Morgan fingerprint density at radius 2 is 2.18 bits per heavy atom. The molecule has 0 unspecified atom stereocenters. The smallest absolute Gasteiger partial charge is 0.0479 e. The molecule has 0 radical (unpaired) electrons. The Bertz CT molecular complexity index is 344. The highest BCUT2D eigenvalue weighted by Crippen LogP contribution is 2.23. The van der Waals surface area contributed by atoms with Gasteiger partial charge in [-0.3, -0.25) is 0 Å². The molecule has 0 aliphatic heterocycles. The summed E-state index contributed by atoms with van der Waals surface area (Å²) in [6.07, 6.45) is 1.95. The Hall–Kier alpha value is -0.580. The van der Waals surface area contributed by atoms with E-state index in [4.69, 9.17) is 10.5 Å². The van der Waals surface area contributed by atoms with Crippen molar-refractivity contribution in [2.45, 2.75) is 12.8 Å². The van der Waals surface area contributed by atoms with Gasteiger partial charge in [-0.25, -0.2) is 0 Å². The van der Waals surface area contributed by atoms with Crippen LogP contribution in [-0.2, 0) is 11.2 Å². The average Bonchev–Trinajstić information content (AvgIpc) is 2.32. The Morgan fingerprint density at radius 3 is 2.76 bits per heavy atom. The van der Waals surface area contributed by atoms with Crippen LogP contribution in [0.3, 0.4) is 0 Å². The molecule has 0 saturated carbocycles. The molecule has 96 valence electrons. The quantitative estimate of drug-likeness (QED) is 0.786. The molecular formula is C13H21BrN2O.